The van der Waals surface area contributed by atoms with Gasteiger partial charge in [0, 0.05) is 5.56 Å². The number of ether oxygens (including phenoxy) is 3. The summed E-state index contributed by atoms with van der Waals surface area (Å²) in [6.07, 6.45) is 0. The van der Waals surface area contributed by atoms with Crippen molar-refractivity contribution in [1.29, 1.82) is 0 Å². The van der Waals surface area contributed by atoms with Crippen molar-refractivity contribution < 1.29 is 19.0 Å². The fraction of sp³-hybridized carbons (Fsp3) is 0.286. The van der Waals surface area contributed by atoms with Crippen LogP contribution in [0, 0.1) is 13.8 Å². The number of aromatic nitrogens is 2. The van der Waals surface area contributed by atoms with Crippen molar-refractivity contribution in [2.75, 3.05) is 20.8 Å². The Balaban J connectivity index is 1.55. The molecule has 1 amide bonds. The van der Waals surface area contributed by atoms with Crippen LogP contribution >= 0.6 is 0 Å². The van der Waals surface area contributed by atoms with E-state index in [4.69, 9.17) is 19.2 Å². The minimum atomic E-state index is -0.330. The topological polar surface area (TPSA) is 74.6 Å². The van der Waals surface area contributed by atoms with E-state index in [0.29, 0.717) is 30.2 Å². The quantitative estimate of drug-likeness (QED) is 0.360. The van der Waals surface area contributed by atoms with Crippen LogP contribution in [0.3, 0.4) is 0 Å². The number of carbonyl (C=O) groups is 1. The first-order valence-corrected chi connectivity index (χ1v) is 11.6. The summed E-state index contributed by atoms with van der Waals surface area (Å²) in [5, 5.41) is 3.07. The average molecular weight is 474 g/mol. The highest BCUT2D eigenvalue weighted by atomic mass is 16.5. The second kappa shape index (κ2) is 10.5. The van der Waals surface area contributed by atoms with Crippen molar-refractivity contribution in [3.8, 4) is 17.2 Å². The van der Waals surface area contributed by atoms with E-state index in [0.717, 1.165) is 28.2 Å². The molecule has 0 aliphatic heterocycles. The van der Waals surface area contributed by atoms with E-state index >= 15 is 0 Å². The fourth-order valence-electron chi connectivity index (χ4n) is 4.11. The molecule has 4 rings (SSSR count). The van der Waals surface area contributed by atoms with E-state index < -0.39 is 0 Å². The van der Waals surface area contributed by atoms with Gasteiger partial charge in [-0.05, 0) is 68.3 Å². The van der Waals surface area contributed by atoms with E-state index in [2.05, 4.69) is 29.8 Å². The summed E-state index contributed by atoms with van der Waals surface area (Å²) < 4.78 is 18.8. The average Bonchev–Trinajstić information content (AvgIpc) is 3.24. The first kappa shape index (κ1) is 24.1. The minimum absolute atomic E-state index is 0.219. The van der Waals surface area contributed by atoms with Crippen LogP contribution in [0.5, 0.6) is 17.2 Å². The van der Waals surface area contributed by atoms with Gasteiger partial charge in [0.05, 0.1) is 37.8 Å². The predicted octanol–water partition coefficient (Wildman–Crippen LogP) is 5.24. The van der Waals surface area contributed by atoms with Crippen molar-refractivity contribution in [3.05, 3.63) is 83.2 Å². The normalized spacial score (nSPS) is 11.8. The van der Waals surface area contributed by atoms with Crippen molar-refractivity contribution in [2.45, 2.75) is 33.4 Å². The lowest BCUT2D eigenvalue weighted by molar-refractivity contribution is 0.0937. The first-order chi connectivity index (χ1) is 16.9. The highest BCUT2D eigenvalue weighted by molar-refractivity contribution is 5.95. The minimum Gasteiger partial charge on any atom is -0.493 e. The zero-order valence-electron chi connectivity index (χ0n) is 20.8. The Morgan fingerprint density at radius 2 is 1.74 bits per heavy atom. The monoisotopic (exact) mass is 473 g/mol. The van der Waals surface area contributed by atoms with Crippen molar-refractivity contribution in [1.82, 2.24) is 14.9 Å². The van der Waals surface area contributed by atoms with Gasteiger partial charge in [-0.1, -0.05) is 24.3 Å². The Bertz CT molecular complexity index is 1350. The fourth-order valence-corrected chi connectivity index (χ4v) is 4.11. The van der Waals surface area contributed by atoms with E-state index in [1.54, 1.807) is 32.4 Å². The van der Waals surface area contributed by atoms with Crippen LogP contribution in [0.25, 0.3) is 11.0 Å². The molecule has 1 N–H and O–H groups in total. The van der Waals surface area contributed by atoms with Crippen molar-refractivity contribution >= 4 is 16.9 Å². The molecule has 0 aliphatic rings. The van der Waals surface area contributed by atoms with Gasteiger partial charge in [0.25, 0.3) is 5.91 Å². The zero-order chi connectivity index (χ0) is 24.9. The number of methoxy groups -OCH3 is 2. The molecule has 7 nitrogen and oxygen atoms in total. The summed E-state index contributed by atoms with van der Waals surface area (Å²) in [4.78, 5) is 17.8. The Labute approximate surface area is 205 Å². The highest BCUT2D eigenvalue weighted by Gasteiger charge is 2.20. The van der Waals surface area contributed by atoms with E-state index in [-0.39, 0.29) is 11.9 Å². The van der Waals surface area contributed by atoms with E-state index in [1.165, 1.54) is 5.56 Å². The summed E-state index contributed by atoms with van der Waals surface area (Å²) in [5.41, 5.74) is 4.69. The molecule has 3 aromatic carbocycles. The number of aryl methyl sites for hydroxylation is 1. The van der Waals surface area contributed by atoms with Crippen molar-refractivity contribution in [2.24, 2.45) is 0 Å². The summed E-state index contributed by atoms with van der Waals surface area (Å²) in [7, 11) is 3.11. The van der Waals surface area contributed by atoms with E-state index in [1.807, 2.05) is 43.3 Å². The molecule has 35 heavy (non-hydrogen) atoms. The van der Waals surface area contributed by atoms with Gasteiger partial charge in [-0.2, -0.15) is 0 Å². The van der Waals surface area contributed by atoms with Crippen LogP contribution in [0.1, 0.15) is 40.3 Å². The van der Waals surface area contributed by atoms with Crippen LogP contribution in [0.2, 0.25) is 0 Å². The maximum Gasteiger partial charge on any atom is 0.251 e. The number of nitrogens with one attached hydrogen (secondary N) is 1. The number of amides is 1. The molecule has 1 aromatic heterocycles. The first-order valence-electron chi connectivity index (χ1n) is 11.6. The molecule has 1 heterocycles. The summed E-state index contributed by atoms with van der Waals surface area (Å²) >= 11 is 0. The molecule has 1 unspecified atom stereocenters. The molecule has 0 spiro atoms. The number of benzene rings is 3. The maximum absolute atomic E-state index is 13.0. The molecule has 0 saturated carbocycles. The van der Waals surface area contributed by atoms with Gasteiger partial charge in [0.15, 0.2) is 11.5 Å². The molecule has 0 fully saturated rings. The molecule has 0 radical (unpaired) electrons. The Morgan fingerprint density at radius 1 is 0.971 bits per heavy atom. The molecule has 182 valence electrons. The smallest absolute Gasteiger partial charge is 0.251 e. The lowest BCUT2D eigenvalue weighted by Gasteiger charge is -2.18. The third-order valence-corrected chi connectivity index (χ3v) is 6.19. The SMILES string of the molecule is COc1ccc(C(=O)NC(C)c2nc3ccccc3n2CCOc2cccc(C)c2C)cc1OC. The number of para-hydroxylation sites is 2. The number of hydrogen-bond donors (Lipinski definition) is 1. The van der Waals surface area contributed by atoms with Gasteiger partial charge in [-0.3, -0.25) is 4.79 Å². The molecular formula is C28H31N3O4. The molecule has 1 atom stereocenters. The second-order valence-electron chi connectivity index (χ2n) is 8.42. The van der Waals surface area contributed by atoms with Crippen LogP contribution in [0.4, 0.5) is 0 Å². The Hall–Kier alpha value is -4.00. The van der Waals surface area contributed by atoms with Crippen molar-refractivity contribution in [3.63, 3.8) is 0 Å². The summed E-state index contributed by atoms with van der Waals surface area (Å²) in [6.45, 7) is 7.15. The number of nitrogens with zero attached hydrogens (tertiary/aromatic N) is 2. The summed E-state index contributed by atoms with van der Waals surface area (Å²) in [6, 6.07) is 18.8. The van der Waals surface area contributed by atoms with E-state index in [9.17, 15) is 4.79 Å². The van der Waals surface area contributed by atoms with Gasteiger partial charge in [-0.15, -0.1) is 0 Å². The molecule has 4 aromatic rings. The predicted molar refractivity (Wildman–Crippen MR) is 137 cm³/mol. The van der Waals surface area contributed by atoms with Crippen LogP contribution < -0.4 is 19.5 Å². The molecule has 0 saturated heterocycles. The lowest BCUT2D eigenvalue weighted by atomic mass is 10.1. The number of imidazole rings is 1. The molecule has 0 bridgehead atoms. The molecular weight excluding hydrogens is 442 g/mol. The van der Waals surface area contributed by atoms with Crippen LogP contribution in [-0.4, -0.2) is 36.3 Å². The van der Waals surface area contributed by atoms with Crippen LogP contribution in [0.15, 0.2) is 60.7 Å². The van der Waals surface area contributed by atoms with Gasteiger partial charge in [-0.25, -0.2) is 4.98 Å². The number of hydrogen-bond acceptors (Lipinski definition) is 5. The van der Waals surface area contributed by atoms with Crippen LogP contribution in [-0.2, 0) is 6.54 Å². The zero-order valence-corrected chi connectivity index (χ0v) is 20.8. The maximum atomic E-state index is 13.0. The Kier molecular flexibility index (Phi) is 7.25. The van der Waals surface area contributed by atoms with Gasteiger partial charge >= 0.3 is 0 Å². The standard InChI is InChI=1S/C28H31N3O4/c1-18-9-8-12-24(19(18)2)35-16-15-31-23-11-7-6-10-22(23)30-27(31)20(3)29-28(32)21-13-14-25(33-4)26(17-21)34-5/h6-14,17,20H,15-16H2,1-5H3,(H,29,32). The largest absolute Gasteiger partial charge is 0.493 e. The van der Waals surface area contributed by atoms with Gasteiger partial charge in [0.2, 0.25) is 0 Å². The second-order valence-corrected chi connectivity index (χ2v) is 8.42. The number of carbonyl (C=O) groups excluding carboxylic acids is 1. The number of fused-ring (bicyclic) bond motifs is 1. The third-order valence-electron chi connectivity index (χ3n) is 6.19. The lowest BCUT2D eigenvalue weighted by Crippen LogP contribution is -2.29. The summed E-state index contributed by atoms with van der Waals surface area (Å²) in [5.74, 6) is 2.51. The highest BCUT2D eigenvalue weighted by Crippen LogP contribution is 2.28. The Morgan fingerprint density at radius 3 is 2.51 bits per heavy atom. The van der Waals surface area contributed by atoms with Gasteiger partial charge in [0.1, 0.15) is 18.2 Å². The van der Waals surface area contributed by atoms with Gasteiger partial charge < -0.3 is 24.1 Å². The molecule has 0 aliphatic carbocycles. The third kappa shape index (κ3) is 5.09. The number of rotatable bonds is 9. The molecule has 7 heteroatoms.